The van der Waals surface area contributed by atoms with Gasteiger partial charge in [-0.25, -0.2) is 0 Å². The molecule has 2 aliphatic rings. The standard InChI is InChI=1S/C26H14OS2/c28-23-13-7-15-3-1-5-17-21(11-9-19(23)25(15)17)27-22-12-10-20-24(29)14-8-16-4-2-6-18(22)26(16)20/h1-14H. The van der Waals surface area contributed by atoms with Crippen LogP contribution in [0.15, 0.2) is 72.8 Å². The molecule has 0 amide bonds. The summed E-state index contributed by atoms with van der Waals surface area (Å²) in [5.41, 5.74) is 4.52. The largest absolute Gasteiger partial charge is 0.456 e. The lowest BCUT2D eigenvalue weighted by Gasteiger charge is -2.19. The van der Waals surface area contributed by atoms with Crippen LogP contribution in [-0.2, 0) is 0 Å². The van der Waals surface area contributed by atoms with Crippen molar-refractivity contribution in [2.75, 3.05) is 0 Å². The topological polar surface area (TPSA) is 9.23 Å². The fraction of sp³-hybridized carbons (Fsp3) is 0. The van der Waals surface area contributed by atoms with Gasteiger partial charge < -0.3 is 4.74 Å². The highest BCUT2D eigenvalue weighted by Gasteiger charge is 2.18. The maximum atomic E-state index is 6.50. The SMILES string of the molecule is S=C1C=Cc2cccc3c(Oc4ccc5c6c(cccc46)C=CC5=S)ccc1c23. The first-order valence-electron chi connectivity index (χ1n) is 9.45. The highest BCUT2D eigenvalue weighted by Crippen LogP contribution is 2.40. The summed E-state index contributed by atoms with van der Waals surface area (Å²) in [5, 5.41) is 4.46. The second-order valence-electron chi connectivity index (χ2n) is 7.26. The van der Waals surface area contributed by atoms with Crippen LogP contribution in [0.4, 0.5) is 0 Å². The number of thiocarbonyl (C=S) groups is 2. The molecular formula is C26H14OS2. The molecule has 0 N–H and O–H groups in total. The third-order valence-electron chi connectivity index (χ3n) is 5.65. The van der Waals surface area contributed by atoms with E-state index in [0.717, 1.165) is 53.9 Å². The van der Waals surface area contributed by atoms with Gasteiger partial charge in [-0.2, -0.15) is 0 Å². The molecule has 0 heterocycles. The number of hydrogen-bond donors (Lipinski definition) is 0. The minimum absolute atomic E-state index is 0.832. The van der Waals surface area contributed by atoms with Crippen molar-refractivity contribution in [3.8, 4) is 11.5 Å². The first kappa shape index (κ1) is 16.8. The summed E-state index contributed by atoms with van der Waals surface area (Å²) < 4.78 is 6.50. The maximum absolute atomic E-state index is 6.50. The van der Waals surface area contributed by atoms with E-state index in [4.69, 9.17) is 29.2 Å². The minimum Gasteiger partial charge on any atom is -0.456 e. The van der Waals surface area contributed by atoms with Gasteiger partial charge in [-0.1, -0.05) is 73.0 Å². The Hall–Kier alpha value is -3.14. The van der Waals surface area contributed by atoms with E-state index in [1.807, 2.05) is 24.3 Å². The number of hydrogen-bond acceptors (Lipinski definition) is 3. The number of benzene rings is 4. The first-order valence-corrected chi connectivity index (χ1v) is 10.3. The lowest BCUT2D eigenvalue weighted by Crippen LogP contribution is -2.02. The number of rotatable bonds is 2. The second kappa shape index (κ2) is 6.18. The Balaban J connectivity index is 1.57. The molecule has 0 unspecified atom stereocenters. The van der Waals surface area contributed by atoms with Gasteiger partial charge in [0.05, 0.1) is 0 Å². The molecule has 29 heavy (non-hydrogen) atoms. The van der Waals surface area contributed by atoms with Gasteiger partial charge in [0, 0.05) is 42.4 Å². The quantitative estimate of drug-likeness (QED) is 0.324. The summed E-state index contributed by atoms with van der Waals surface area (Å²) in [6.45, 7) is 0. The minimum atomic E-state index is 0.832. The van der Waals surface area contributed by atoms with Crippen molar-refractivity contribution in [2.45, 2.75) is 0 Å². The molecule has 1 nitrogen and oxygen atoms in total. The van der Waals surface area contributed by atoms with E-state index in [-0.39, 0.29) is 0 Å². The summed E-state index contributed by atoms with van der Waals surface area (Å²) in [7, 11) is 0. The zero-order valence-corrected chi connectivity index (χ0v) is 16.9. The normalized spacial score (nSPS) is 14.1. The Labute approximate surface area is 178 Å². The summed E-state index contributed by atoms with van der Waals surface area (Å²) >= 11 is 11.1. The summed E-state index contributed by atoms with van der Waals surface area (Å²) in [6.07, 6.45) is 8.15. The third kappa shape index (κ3) is 2.45. The number of ether oxygens (including phenoxy) is 1. The van der Waals surface area contributed by atoms with E-state index in [9.17, 15) is 0 Å². The summed E-state index contributed by atoms with van der Waals surface area (Å²) in [5.74, 6) is 1.66. The molecule has 0 bridgehead atoms. The number of allylic oxidation sites excluding steroid dienone is 2. The molecule has 0 aliphatic heterocycles. The molecule has 4 aromatic carbocycles. The van der Waals surface area contributed by atoms with Crippen LogP contribution in [0.5, 0.6) is 11.5 Å². The average molecular weight is 407 g/mol. The van der Waals surface area contributed by atoms with E-state index in [0.29, 0.717) is 0 Å². The van der Waals surface area contributed by atoms with Crippen molar-refractivity contribution in [1.82, 2.24) is 0 Å². The Morgan fingerprint density at radius 2 is 1.00 bits per heavy atom. The van der Waals surface area contributed by atoms with Crippen molar-refractivity contribution in [3.05, 3.63) is 95.1 Å². The fourth-order valence-corrected chi connectivity index (χ4v) is 4.79. The van der Waals surface area contributed by atoms with E-state index >= 15 is 0 Å². The molecule has 0 spiro atoms. The molecule has 4 aromatic rings. The molecular weight excluding hydrogens is 392 g/mol. The molecule has 136 valence electrons. The zero-order chi connectivity index (χ0) is 19.5. The van der Waals surface area contributed by atoms with E-state index < -0.39 is 0 Å². The Morgan fingerprint density at radius 1 is 0.517 bits per heavy atom. The fourth-order valence-electron chi connectivity index (χ4n) is 4.31. The lowest BCUT2D eigenvalue weighted by atomic mass is 9.92. The monoisotopic (exact) mass is 406 g/mol. The smallest absolute Gasteiger partial charge is 0.135 e. The first-order chi connectivity index (χ1) is 14.2. The predicted molar refractivity (Wildman–Crippen MR) is 129 cm³/mol. The molecule has 0 aromatic heterocycles. The van der Waals surface area contributed by atoms with Gasteiger partial charge >= 0.3 is 0 Å². The Morgan fingerprint density at radius 3 is 1.48 bits per heavy atom. The molecule has 0 radical (unpaired) electrons. The van der Waals surface area contributed by atoms with Crippen LogP contribution in [0.25, 0.3) is 33.7 Å². The van der Waals surface area contributed by atoms with Crippen molar-refractivity contribution in [3.63, 3.8) is 0 Å². The van der Waals surface area contributed by atoms with Crippen molar-refractivity contribution in [1.29, 1.82) is 0 Å². The van der Waals surface area contributed by atoms with Gasteiger partial charge in [0.2, 0.25) is 0 Å². The third-order valence-corrected chi connectivity index (χ3v) is 6.36. The maximum Gasteiger partial charge on any atom is 0.135 e. The van der Waals surface area contributed by atoms with Crippen LogP contribution >= 0.6 is 24.4 Å². The van der Waals surface area contributed by atoms with Gasteiger partial charge in [-0.15, -0.1) is 0 Å². The Bertz CT molecular complexity index is 1350. The van der Waals surface area contributed by atoms with Crippen LogP contribution in [-0.4, -0.2) is 9.73 Å². The van der Waals surface area contributed by atoms with Crippen molar-refractivity contribution < 1.29 is 4.74 Å². The molecule has 3 heteroatoms. The van der Waals surface area contributed by atoms with E-state index in [1.54, 1.807) is 0 Å². The van der Waals surface area contributed by atoms with E-state index in [2.05, 4.69) is 60.7 Å². The van der Waals surface area contributed by atoms with Gasteiger partial charge in [-0.05, 0) is 47.5 Å². The molecule has 0 saturated heterocycles. The molecule has 0 atom stereocenters. The van der Waals surface area contributed by atoms with Gasteiger partial charge in [0.1, 0.15) is 11.5 Å². The van der Waals surface area contributed by atoms with Crippen LogP contribution < -0.4 is 4.74 Å². The zero-order valence-electron chi connectivity index (χ0n) is 15.3. The van der Waals surface area contributed by atoms with Crippen LogP contribution in [0.1, 0.15) is 22.3 Å². The average Bonchev–Trinajstić information content (AvgIpc) is 2.75. The van der Waals surface area contributed by atoms with Crippen LogP contribution in [0.3, 0.4) is 0 Å². The van der Waals surface area contributed by atoms with Crippen molar-refractivity contribution in [2.24, 2.45) is 0 Å². The highest BCUT2D eigenvalue weighted by molar-refractivity contribution is 7.81. The molecule has 2 aliphatic carbocycles. The molecule has 0 fully saturated rings. The predicted octanol–water partition coefficient (Wildman–Crippen LogP) is 7.27. The van der Waals surface area contributed by atoms with Gasteiger partial charge in [0.15, 0.2) is 0 Å². The molecule has 0 saturated carbocycles. The van der Waals surface area contributed by atoms with Crippen molar-refractivity contribution >= 4 is 67.9 Å². The van der Waals surface area contributed by atoms with Crippen LogP contribution in [0.2, 0.25) is 0 Å². The summed E-state index contributed by atoms with van der Waals surface area (Å²) in [6, 6.07) is 20.7. The van der Waals surface area contributed by atoms with E-state index in [1.165, 1.54) is 11.1 Å². The van der Waals surface area contributed by atoms with Crippen LogP contribution in [0, 0.1) is 0 Å². The highest BCUT2D eigenvalue weighted by atomic mass is 32.1. The summed E-state index contributed by atoms with van der Waals surface area (Å²) in [4.78, 5) is 1.73. The second-order valence-corrected chi connectivity index (χ2v) is 8.14. The van der Waals surface area contributed by atoms with Gasteiger partial charge in [-0.3, -0.25) is 0 Å². The molecule has 6 rings (SSSR count). The van der Waals surface area contributed by atoms with Gasteiger partial charge in [0.25, 0.3) is 0 Å². The Kier molecular flexibility index (Phi) is 3.58. The lowest BCUT2D eigenvalue weighted by molar-refractivity contribution is 0.494.